The van der Waals surface area contributed by atoms with Gasteiger partial charge >= 0.3 is 0 Å². The molecule has 0 saturated carbocycles. The second-order valence-electron chi connectivity index (χ2n) is 8.51. The fraction of sp³-hybridized carbons (Fsp3) is 0.360. The number of anilines is 2. The summed E-state index contributed by atoms with van der Waals surface area (Å²) in [5, 5.41) is 9.34. The molecule has 3 aromatic rings. The predicted octanol–water partition coefficient (Wildman–Crippen LogP) is 2.92. The Bertz CT molecular complexity index is 1190. The van der Waals surface area contributed by atoms with Gasteiger partial charge in [-0.05, 0) is 49.1 Å². The first-order valence-electron chi connectivity index (χ1n) is 11.3. The number of nitrogens with zero attached hydrogens (tertiary/aromatic N) is 5. The molecule has 0 spiro atoms. The summed E-state index contributed by atoms with van der Waals surface area (Å²) in [5.74, 6) is 2.11. The molecule has 5 rings (SSSR count). The van der Waals surface area contributed by atoms with E-state index in [1.54, 1.807) is 31.5 Å². The van der Waals surface area contributed by atoms with Crippen molar-refractivity contribution in [2.24, 2.45) is 5.92 Å². The Labute approximate surface area is 198 Å². The number of pyridine rings is 3. The number of ether oxygens (including phenoxy) is 2. The molecule has 5 heterocycles. The van der Waals surface area contributed by atoms with Crippen LogP contribution in [0.3, 0.4) is 0 Å². The molecule has 0 bridgehead atoms. The molecule has 1 saturated heterocycles. The number of rotatable bonds is 6. The van der Waals surface area contributed by atoms with Crippen molar-refractivity contribution in [1.82, 2.24) is 15.0 Å². The summed E-state index contributed by atoms with van der Waals surface area (Å²) in [6.07, 6.45) is 5.35. The van der Waals surface area contributed by atoms with Gasteiger partial charge in [0.1, 0.15) is 5.82 Å². The molecule has 0 aromatic carbocycles. The number of fused-ring (bicyclic) bond motifs is 1. The molecule has 176 valence electrons. The van der Waals surface area contributed by atoms with Crippen molar-refractivity contribution < 1.29 is 19.4 Å². The van der Waals surface area contributed by atoms with Crippen LogP contribution in [-0.2, 0) is 6.54 Å². The molecule has 0 radical (unpaired) electrons. The van der Waals surface area contributed by atoms with Crippen molar-refractivity contribution in [3.63, 3.8) is 0 Å². The fourth-order valence-corrected chi connectivity index (χ4v) is 4.49. The van der Waals surface area contributed by atoms with E-state index < -0.39 is 0 Å². The van der Waals surface area contributed by atoms with E-state index >= 15 is 0 Å². The highest BCUT2D eigenvalue weighted by Gasteiger charge is 2.30. The summed E-state index contributed by atoms with van der Waals surface area (Å²) in [6.45, 7) is 2.38. The third-order valence-corrected chi connectivity index (χ3v) is 6.53. The third-order valence-electron chi connectivity index (χ3n) is 6.53. The lowest BCUT2D eigenvalue weighted by atomic mass is 9.98. The molecule has 1 amide bonds. The molecular weight excluding hydrogens is 434 g/mol. The summed E-state index contributed by atoms with van der Waals surface area (Å²) in [7, 11) is 3.10. The summed E-state index contributed by atoms with van der Waals surface area (Å²) in [5.41, 5.74) is 3.54. The lowest BCUT2D eigenvalue weighted by molar-refractivity contribution is 0.0996. The number of aliphatic hydroxyl groups is 1. The zero-order valence-corrected chi connectivity index (χ0v) is 19.3. The van der Waals surface area contributed by atoms with Crippen molar-refractivity contribution in [1.29, 1.82) is 0 Å². The van der Waals surface area contributed by atoms with Gasteiger partial charge in [0, 0.05) is 31.5 Å². The molecule has 9 heteroatoms. The van der Waals surface area contributed by atoms with Gasteiger partial charge in [-0.3, -0.25) is 9.78 Å². The van der Waals surface area contributed by atoms with Gasteiger partial charge in [-0.1, -0.05) is 0 Å². The topological polar surface area (TPSA) is 101 Å². The average molecular weight is 462 g/mol. The van der Waals surface area contributed by atoms with E-state index in [0.717, 1.165) is 43.0 Å². The van der Waals surface area contributed by atoms with Gasteiger partial charge in [0.15, 0.2) is 5.75 Å². The fourth-order valence-electron chi connectivity index (χ4n) is 4.49. The van der Waals surface area contributed by atoms with Crippen LogP contribution < -0.4 is 19.3 Å². The van der Waals surface area contributed by atoms with Gasteiger partial charge in [0.25, 0.3) is 11.8 Å². The maximum Gasteiger partial charge on any atom is 0.260 e. The van der Waals surface area contributed by atoms with E-state index in [1.165, 1.54) is 0 Å². The van der Waals surface area contributed by atoms with Gasteiger partial charge in [-0.15, -0.1) is 0 Å². The monoisotopic (exact) mass is 461 g/mol. The molecule has 9 nitrogen and oxygen atoms in total. The number of carbonyl (C=O) groups excluding carboxylic acids is 1. The standard InChI is InChI=1S/C25H27N5O4/c1-33-22-11-17(12-27-24(22)34-2)20-5-4-19-21(28-20)14-30(25(19)32)18-3-6-23(26-13-18)29-9-7-16(15-31)8-10-29/h3-6,11-13,16,31H,7-10,14-15H2,1-2H3. The zero-order valence-electron chi connectivity index (χ0n) is 19.3. The molecule has 1 N–H and O–H groups in total. The lowest BCUT2D eigenvalue weighted by Gasteiger charge is -2.32. The minimum Gasteiger partial charge on any atom is -0.491 e. The van der Waals surface area contributed by atoms with Gasteiger partial charge in [-0.25, -0.2) is 9.97 Å². The van der Waals surface area contributed by atoms with Crippen LogP contribution in [0.15, 0.2) is 42.7 Å². The Morgan fingerprint density at radius 3 is 2.56 bits per heavy atom. The van der Waals surface area contributed by atoms with Crippen LogP contribution in [0.5, 0.6) is 11.6 Å². The SMILES string of the molecule is COc1cc(-c2ccc3c(n2)CN(c2ccc(N4CCC(CO)CC4)nc2)C3=O)cnc1OC. The predicted molar refractivity (Wildman–Crippen MR) is 127 cm³/mol. The van der Waals surface area contributed by atoms with Gasteiger partial charge in [0.2, 0.25) is 0 Å². The van der Waals surface area contributed by atoms with Crippen LogP contribution in [0.1, 0.15) is 28.9 Å². The summed E-state index contributed by atoms with van der Waals surface area (Å²) < 4.78 is 10.6. The van der Waals surface area contributed by atoms with Crippen LogP contribution in [0, 0.1) is 5.92 Å². The summed E-state index contributed by atoms with van der Waals surface area (Å²) in [6, 6.07) is 9.34. The Balaban J connectivity index is 1.33. The van der Waals surface area contributed by atoms with E-state index in [0.29, 0.717) is 41.0 Å². The van der Waals surface area contributed by atoms with Crippen molar-refractivity contribution in [2.45, 2.75) is 19.4 Å². The molecular formula is C25H27N5O4. The number of carbonyl (C=O) groups is 1. The van der Waals surface area contributed by atoms with E-state index in [2.05, 4.69) is 14.9 Å². The summed E-state index contributed by atoms with van der Waals surface area (Å²) >= 11 is 0. The Morgan fingerprint density at radius 2 is 1.88 bits per heavy atom. The molecule has 0 atom stereocenters. The van der Waals surface area contributed by atoms with Crippen molar-refractivity contribution in [3.05, 3.63) is 54.0 Å². The number of amides is 1. The highest BCUT2D eigenvalue weighted by Crippen LogP contribution is 2.33. The Hall–Kier alpha value is -3.72. The van der Waals surface area contributed by atoms with E-state index in [-0.39, 0.29) is 12.5 Å². The molecule has 0 aliphatic carbocycles. The van der Waals surface area contributed by atoms with Gasteiger partial charge < -0.3 is 24.4 Å². The van der Waals surface area contributed by atoms with Crippen molar-refractivity contribution in [2.75, 3.05) is 43.7 Å². The molecule has 34 heavy (non-hydrogen) atoms. The first-order chi connectivity index (χ1) is 16.6. The van der Waals surface area contributed by atoms with E-state index in [9.17, 15) is 9.90 Å². The first kappa shape index (κ1) is 22.1. The first-order valence-corrected chi connectivity index (χ1v) is 11.3. The maximum absolute atomic E-state index is 13.1. The largest absolute Gasteiger partial charge is 0.491 e. The van der Waals surface area contributed by atoms with Crippen LogP contribution in [0.2, 0.25) is 0 Å². The van der Waals surface area contributed by atoms with Crippen LogP contribution in [0.4, 0.5) is 11.5 Å². The van der Waals surface area contributed by atoms with Gasteiger partial charge in [-0.2, -0.15) is 0 Å². The maximum atomic E-state index is 13.1. The molecule has 1 fully saturated rings. The minimum absolute atomic E-state index is 0.0854. The molecule has 3 aromatic heterocycles. The second-order valence-corrected chi connectivity index (χ2v) is 8.51. The summed E-state index contributed by atoms with van der Waals surface area (Å²) in [4.78, 5) is 30.6. The van der Waals surface area contributed by atoms with Crippen molar-refractivity contribution >= 4 is 17.4 Å². The molecule has 2 aliphatic rings. The van der Waals surface area contributed by atoms with Crippen LogP contribution in [-0.4, -0.2) is 59.9 Å². The number of aromatic nitrogens is 3. The smallest absolute Gasteiger partial charge is 0.260 e. The van der Waals surface area contributed by atoms with Gasteiger partial charge in [0.05, 0.1) is 49.6 Å². The minimum atomic E-state index is -0.0854. The highest BCUT2D eigenvalue weighted by molar-refractivity contribution is 6.09. The third kappa shape index (κ3) is 4.03. The Kier molecular flexibility index (Phi) is 6.02. The number of methoxy groups -OCH3 is 2. The molecule has 2 aliphatic heterocycles. The normalized spacial score (nSPS) is 16.0. The van der Waals surface area contributed by atoms with Crippen LogP contribution >= 0.6 is 0 Å². The Morgan fingerprint density at radius 1 is 1.06 bits per heavy atom. The quantitative estimate of drug-likeness (QED) is 0.598. The van der Waals surface area contributed by atoms with E-state index in [1.807, 2.05) is 30.3 Å². The van der Waals surface area contributed by atoms with E-state index in [4.69, 9.17) is 14.5 Å². The second kappa shape index (κ2) is 9.26. The van der Waals surface area contributed by atoms with Crippen molar-refractivity contribution in [3.8, 4) is 22.9 Å². The van der Waals surface area contributed by atoms with Crippen LogP contribution in [0.25, 0.3) is 11.3 Å². The highest BCUT2D eigenvalue weighted by atomic mass is 16.5. The number of hydrogen-bond acceptors (Lipinski definition) is 8. The average Bonchev–Trinajstić information content (AvgIpc) is 3.24. The lowest BCUT2D eigenvalue weighted by Crippen LogP contribution is -2.35. The number of aliphatic hydroxyl groups excluding tert-OH is 1. The number of hydrogen-bond donors (Lipinski definition) is 1. The number of piperidine rings is 1. The molecule has 0 unspecified atom stereocenters. The zero-order chi connectivity index (χ0) is 23.7.